The average Bonchev–Trinajstić information content (AvgIpc) is 2.18. The van der Waals surface area contributed by atoms with Gasteiger partial charge in [0.1, 0.15) is 0 Å². The van der Waals surface area contributed by atoms with Gasteiger partial charge in [-0.3, -0.25) is 0 Å². The fourth-order valence-corrected chi connectivity index (χ4v) is 1.05. The summed E-state index contributed by atoms with van der Waals surface area (Å²) in [6.45, 7) is 6.20. The number of halogens is 1. The first kappa shape index (κ1) is 14.3. The minimum Gasteiger partial charge on any atom is -0.464 e. The zero-order valence-corrected chi connectivity index (χ0v) is 9.49. The van der Waals surface area contributed by atoms with Crippen molar-refractivity contribution >= 4 is 5.97 Å². The maximum absolute atomic E-state index is 13.2. The van der Waals surface area contributed by atoms with Crippen molar-refractivity contribution in [2.75, 3.05) is 19.8 Å². The number of rotatable bonds is 8. The van der Waals surface area contributed by atoms with Gasteiger partial charge in [-0.15, -0.1) is 0 Å². The molecule has 0 heterocycles. The van der Waals surface area contributed by atoms with E-state index in [-0.39, 0.29) is 13.0 Å². The molecule has 0 unspecified atom stereocenters. The van der Waals surface area contributed by atoms with Crippen LogP contribution in [0.2, 0.25) is 0 Å². The van der Waals surface area contributed by atoms with Gasteiger partial charge in [-0.1, -0.05) is 0 Å². The summed E-state index contributed by atoms with van der Waals surface area (Å²) < 4.78 is 28.0. The Morgan fingerprint density at radius 2 is 1.67 bits per heavy atom. The van der Waals surface area contributed by atoms with E-state index in [1.165, 1.54) is 0 Å². The van der Waals surface area contributed by atoms with Gasteiger partial charge in [0.2, 0.25) is 6.17 Å². The Morgan fingerprint density at radius 1 is 1.13 bits per heavy atom. The number of alkyl halides is 1. The second-order valence-electron chi connectivity index (χ2n) is 2.80. The van der Waals surface area contributed by atoms with Crippen LogP contribution in [0.5, 0.6) is 0 Å². The molecular formula is C10H19FO4. The van der Waals surface area contributed by atoms with Gasteiger partial charge in [0.15, 0.2) is 6.29 Å². The van der Waals surface area contributed by atoms with Crippen LogP contribution in [0.1, 0.15) is 27.2 Å². The number of esters is 1. The highest BCUT2D eigenvalue weighted by Crippen LogP contribution is 2.09. The first-order chi connectivity index (χ1) is 7.15. The van der Waals surface area contributed by atoms with Crippen LogP contribution in [-0.4, -0.2) is 38.3 Å². The zero-order valence-electron chi connectivity index (χ0n) is 9.49. The molecule has 0 N–H and O–H groups in total. The van der Waals surface area contributed by atoms with Crippen molar-refractivity contribution < 1.29 is 23.4 Å². The zero-order chi connectivity index (χ0) is 11.7. The Bertz CT molecular complexity index is 169. The van der Waals surface area contributed by atoms with Crippen molar-refractivity contribution in [2.24, 2.45) is 0 Å². The van der Waals surface area contributed by atoms with Crippen molar-refractivity contribution in [3.05, 3.63) is 0 Å². The molecule has 0 radical (unpaired) electrons. The first-order valence-corrected chi connectivity index (χ1v) is 5.19. The number of hydrogen-bond acceptors (Lipinski definition) is 4. The molecule has 1 atom stereocenters. The first-order valence-electron chi connectivity index (χ1n) is 5.19. The van der Waals surface area contributed by atoms with Crippen molar-refractivity contribution in [1.82, 2.24) is 0 Å². The smallest absolute Gasteiger partial charge is 0.340 e. The Balaban J connectivity index is 3.96. The molecule has 0 aliphatic carbocycles. The standard InChI is InChI=1S/C10H19FO4/c1-4-13-9(14-5-2)7-8(11)10(12)15-6-3/h8-9H,4-7H2,1-3H3/t8-/m1/s1. The van der Waals surface area contributed by atoms with Gasteiger partial charge in [-0.05, 0) is 20.8 Å². The lowest BCUT2D eigenvalue weighted by Crippen LogP contribution is -2.28. The fraction of sp³-hybridized carbons (Fsp3) is 0.900. The van der Waals surface area contributed by atoms with E-state index in [1.807, 2.05) is 0 Å². The Morgan fingerprint density at radius 3 is 2.07 bits per heavy atom. The van der Waals surface area contributed by atoms with Gasteiger partial charge in [0, 0.05) is 19.6 Å². The highest BCUT2D eigenvalue weighted by Gasteiger charge is 2.24. The summed E-state index contributed by atoms with van der Waals surface area (Å²) in [4.78, 5) is 11.0. The van der Waals surface area contributed by atoms with E-state index in [4.69, 9.17) is 9.47 Å². The molecule has 15 heavy (non-hydrogen) atoms. The second-order valence-corrected chi connectivity index (χ2v) is 2.80. The van der Waals surface area contributed by atoms with E-state index in [2.05, 4.69) is 4.74 Å². The molecule has 0 spiro atoms. The molecule has 5 heteroatoms. The molecule has 0 aromatic heterocycles. The third kappa shape index (κ3) is 6.41. The van der Waals surface area contributed by atoms with Gasteiger partial charge in [0.05, 0.1) is 6.61 Å². The Labute approximate surface area is 89.7 Å². The lowest BCUT2D eigenvalue weighted by molar-refractivity contribution is -0.166. The van der Waals surface area contributed by atoms with Gasteiger partial charge >= 0.3 is 5.97 Å². The normalized spacial score (nSPS) is 12.9. The molecule has 0 fully saturated rings. The van der Waals surface area contributed by atoms with E-state index >= 15 is 0 Å². The SMILES string of the molecule is CCOC(=O)[C@H](F)CC(OCC)OCC. The quantitative estimate of drug-likeness (QED) is 0.463. The minimum absolute atomic E-state index is 0.124. The fourth-order valence-electron chi connectivity index (χ4n) is 1.05. The van der Waals surface area contributed by atoms with Crippen LogP contribution in [0, 0.1) is 0 Å². The van der Waals surface area contributed by atoms with E-state index in [9.17, 15) is 9.18 Å². The molecule has 0 rings (SSSR count). The number of ether oxygens (including phenoxy) is 3. The lowest BCUT2D eigenvalue weighted by atomic mass is 10.2. The van der Waals surface area contributed by atoms with E-state index in [0.717, 1.165) is 0 Å². The molecule has 0 saturated carbocycles. The van der Waals surface area contributed by atoms with Crippen LogP contribution >= 0.6 is 0 Å². The average molecular weight is 222 g/mol. The van der Waals surface area contributed by atoms with Crippen molar-refractivity contribution in [3.8, 4) is 0 Å². The number of carbonyl (C=O) groups is 1. The largest absolute Gasteiger partial charge is 0.464 e. The third-order valence-corrected chi connectivity index (χ3v) is 1.65. The summed E-state index contributed by atoms with van der Waals surface area (Å²) in [6.07, 6.45) is -2.49. The topological polar surface area (TPSA) is 44.8 Å². The van der Waals surface area contributed by atoms with Gasteiger partial charge in [-0.25, -0.2) is 9.18 Å². The van der Waals surface area contributed by atoms with Crippen LogP contribution in [0.4, 0.5) is 4.39 Å². The molecular weight excluding hydrogens is 203 g/mol. The summed E-state index contributed by atoms with van der Waals surface area (Å²) in [6, 6.07) is 0. The number of hydrogen-bond donors (Lipinski definition) is 0. The predicted octanol–water partition coefficient (Wildman–Crippen LogP) is 1.68. The molecule has 0 aliphatic rings. The van der Waals surface area contributed by atoms with E-state index in [1.54, 1.807) is 20.8 Å². The minimum atomic E-state index is -1.69. The molecule has 0 aromatic rings. The second kappa shape index (κ2) is 8.61. The van der Waals surface area contributed by atoms with Crippen LogP contribution in [0.3, 0.4) is 0 Å². The summed E-state index contributed by atoms with van der Waals surface area (Å²) >= 11 is 0. The van der Waals surface area contributed by atoms with E-state index < -0.39 is 18.4 Å². The molecule has 0 amide bonds. The van der Waals surface area contributed by atoms with Crippen LogP contribution in [-0.2, 0) is 19.0 Å². The molecule has 0 aliphatic heterocycles. The van der Waals surface area contributed by atoms with Crippen LogP contribution in [0.25, 0.3) is 0 Å². The molecule has 0 aromatic carbocycles. The van der Waals surface area contributed by atoms with Crippen LogP contribution in [0.15, 0.2) is 0 Å². The summed E-state index contributed by atoms with van der Waals surface area (Å²) in [5.41, 5.74) is 0. The van der Waals surface area contributed by atoms with Crippen LogP contribution < -0.4 is 0 Å². The Kier molecular flexibility index (Phi) is 8.22. The monoisotopic (exact) mass is 222 g/mol. The summed E-state index contributed by atoms with van der Waals surface area (Å²) in [5, 5.41) is 0. The maximum Gasteiger partial charge on any atom is 0.340 e. The van der Waals surface area contributed by atoms with Gasteiger partial charge < -0.3 is 14.2 Å². The van der Waals surface area contributed by atoms with Crippen molar-refractivity contribution in [2.45, 2.75) is 39.7 Å². The van der Waals surface area contributed by atoms with Gasteiger partial charge in [0.25, 0.3) is 0 Å². The highest BCUT2D eigenvalue weighted by molar-refractivity contribution is 5.74. The van der Waals surface area contributed by atoms with Gasteiger partial charge in [-0.2, -0.15) is 0 Å². The molecule has 4 nitrogen and oxygen atoms in total. The molecule has 90 valence electrons. The van der Waals surface area contributed by atoms with E-state index in [0.29, 0.717) is 13.2 Å². The lowest BCUT2D eigenvalue weighted by Gasteiger charge is -2.18. The molecule has 0 bridgehead atoms. The summed E-state index contributed by atoms with van der Waals surface area (Å²) in [5.74, 6) is -0.859. The third-order valence-electron chi connectivity index (χ3n) is 1.65. The van der Waals surface area contributed by atoms with Crippen molar-refractivity contribution in [1.29, 1.82) is 0 Å². The van der Waals surface area contributed by atoms with Crippen molar-refractivity contribution in [3.63, 3.8) is 0 Å². The highest BCUT2D eigenvalue weighted by atomic mass is 19.1. The summed E-state index contributed by atoms with van der Waals surface area (Å²) in [7, 11) is 0. The maximum atomic E-state index is 13.2. The predicted molar refractivity (Wildman–Crippen MR) is 53.2 cm³/mol. The Hall–Kier alpha value is -0.680. The number of carbonyl (C=O) groups excluding carboxylic acids is 1. The molecule has 0 saturated heterocycles.